The Morgan fingerprint density at radius 3 is 2.35 bits per heavy atom. The molecule has 5 nitrogen and oxygen atoms in total. The number of carbonyl (C=O) groups is 2. The fourth-order valence-corrected chi connectivity index (χ4v) is 2.48. The van der Waals surface area contributed by atoms with Gasteiger partial charge in [-0.1, -0.05) is 18.2 Å². The third-order valence-electron chi connectivity index (χ3n) is 3.72. The van der Waals surface area contributed by atoms with Crippen LogP contribution >= 0.6 is 0 Å². The molecule has 0 aliphatic rings. The van der Waals surface area contributed by atoms with Gasteiger partial charge in [-0.3, -0.25) is 9.69 Å². The number of pyridine rings is 1. The van der Waals surface area contributed by atoms with Crippen molar-refractivity contribution in [1.82, 2.24) is 4.40 Å². The van der Waals surface area contributed by atoms with Crippen molar-refractivity contribution >= 4 is 23.2 Å². The van der Waals surface area contributed by atoms with Crippen LogP contribution in [-0.2, 0) is 4.74 Å². The van der Waals surface area contributed by atoms with Crippen molar-refractivity contribution < 1.29 is 14.3 Å². The number of ether oxygens (including phenoxy) is 1. The maximum Gasteiger partial charge on any atom is 0.339 e. The summed E-state index contributed by atoms with van der Waals surface area (Å²) in [7, 11) is 3.05. The number of rotatable bonds is 3. The predicted molar refractivity (Wildman–Crippen MR) is 87.9 cm³/mol. The van der Waals surface area contributed by atoms with Crippen molar-refractivity contribution in [2.24, 2.45) is 0 Å². The Hall–Kier alpha value is -3.08. The Morgan fingerprint density at radius 1 is 0.957 bits per heavy atom. The highest BCUT2D eigenvalue weighted by atomic mass is 16.5. The molecule has 0 spiro atoms. The van der Waals surface area contributed by atoms with E-state index in [2.05, 4.69) is 0 Å². The van der Waals surface area contributed by atoms with E-state index >= 15 is 0 Å². The van der Waals surface area contributed by atoms with Crippen molar-refractivity contribution in [3.8, 4) is 0 Å². The summed E-state index contributed by atoms with van der Waals surface area (Å²) in [6, 6.07) is 16.3. The fraction of sp³-hybridized carbons (Fsp3) is 0.111. The average Bonchev–Trinajstić information content (AvgIpc) is 3.03. The van der Waals surface area contributed by atoms with Crippen molar-refractivity contribution in [2.75, 3.05) is 19.1 Å². The van der Waals surface area contributed by atoms with Gasteiger partial charge in [0.25, 0.3) is 5.91 Å². The fourth-order valence-electron chi connectivity index (χ4n) is 2.48. The van der Waals surface area contributed by atoms with Crippen LogP contribution in [0.5, 0.6) is 0 Å². The van der Waals surface area contributed by atoms with E-state index in [1.165, 1.54) is 7.11 Å². The minimum absolute atomic E-state index is 0.117. The molecule has 23 heavy (non-hydrogen) atoms. The largest absolute Gasteiger partial charge is 0.465 e. The number of hydrogen-bond donors (Lipinski definition) is 0. The first-order valence-corrected chi connectivity index (χ1v) is 7.14. The lowest BCUT2D eigenvalue weighted by molar-refractivity contribution is 0.0600. The van der Waals surface area contributed by atoms with E-state index in [1.807, 2.05) is 36.4 Å². The molecule has 2 heterocycles. The highest BCUT2D eigenvalue weighted by molar-refractivity contribution is 6.05. The van der Waals surface area contributed by atoms with Crippen LogP contribution < -0.4 is 4.90 Å². The first kappa shape index (κ1) is 14.8. The highest BCUT2D eigenvalue weighted by Gasteiger charge is 2.17. The van der Waals surface area contributed by atoms with Gasteiger partial charge in [-0.25, -0.2) is 4.79 Å². The average molecular weight is 308 g/mol. The van der Waals surface area contributed by atoms with Crippen molar-refractivity contribution in [3.05, 3.63) is 71.9 Å². The number of fused-ring (bicyclic) bond motifs is 1. The summed E-state index contributed by atoms with van der Waals surface area (Å²) in [5.41, 5.74) is 1.92. The number of hydrogen-bond acceptors (Lipinski definition) is 3. The van der Waals surface area contributed by atoms with Crippen molar-refractivity contribution in [1.29, 1.82) is 0 Å². The Bertz CT molecular complexity index is 868. The van der Waals surface area contributed by atoms with Gasteiger partial charge in [-0.05, 0) is 36.4 Å². The predicted octanol–water partition coefficient (Wildman–Crippen LogP) is 3.00. The molecule has 0 fully saturated rings. The molecule has 5 heteroatoms. The lowest BCUT2D eigenvalue weighted by atomic mass is 10.2. The van der Waals surface area contributed by atoms with Crippen LogP contribution in [0.3, 0.4) is 0 Å². The molecule has 0 radical (unpaired) electrons. The number of nitrogens with zero attached hydrogens (tertiary/aromatic N) is 2. The molecule has 0 atom stereocenters. The molecule has 0 unspecified atom stereocenters. The van der Waals surface area contributed by atoms with Gasteiger partial charge in [-0.15, -0.1) is 0 Å². The summed E-state index contributed by atoms with van der Waals surface area (Å²) >= 11 is 0. The van der Waals surface area contributed by atoms with Gasteiger partial charge < -0.3 is 9.14 Å². The lowest BCUT2D eigenvalue weighted by Crippen LogP contribution is -2.27. The molecule has 3 aromatic rings. The molecule has 0 bridgehead atoms. The molecule has 0 aliphatic carbocycles. The molecular formula is C18H16N2O3. The molecule has 0 saturated heterocycles. The van der Waals surface area contributed by atoms with Crippen LogP contribution in [0, 0.1) is 0 Å². The number of methoxy groups -OCH3 is 1. The second-order valence-corrected chi connectivity index (χ2v) is 5.13. The summed E-state index contributed by atoms with van der Waals surface area (Å²) < 4.78 is 6.54. The lowest BCUT2D eigenvalue weighted by Gasteiger charge is -2.17. The summed E-state index contributed by atoms with van der Waals surface area (Å²) in [5, 5.41) is 0. The van der Waals surface area contributed by atoms with E-state index in [0.717, 1.165) is 5.52 Å². The van der Waals surface area contributed by atoms with Crippen molar-refractivity contribution in [2.45, 2.75) is 0 Å². The van der Waals surface area contributed by atoms with E-state index in [4.69, 9.17) is 4.74 Å². The Labute approximate surface area is 133 Å². The molecule has 1 aromatic carbocycles. The first-order valence-electron chi connectivity index (χ1n) is 7.14. The third kappa shape index (κ3) is 2.68. The number of amides is 1. The topological polar surface area (TPSA) is 51.0 Å². The number of esters is 1. The summed E-state index contributed by atoms with van der Waals surface area (Å²) in [6.45, 7) is 0. The molecular weight excluding hydrogens is 292 g/mol. The SMILES string of the molecule is COC(=O)c1ccc2ccc(N(C)C(=O)c3ccccc3)n2c1. The number of benzene rings is 1. The van der Waals surface area contributed by atoms with Crippen molar-refractivity contribution in [3.63, 3.8) is 0 Å². The monoisotopic (exact) mass is 308 g/mol. The molecule has 0 aliphatic heterocycles. The zero-order valence-electron chi connectivity index (χ0n) is 12.9. The third-order valence-corrected chi connectivity index (χ3v) is 3.72. The standard InChI is InChI=1S/C18H16N2O3/c1-19(17(21)13-6-4-3-5-7-13)16-11-10-15-9-8-14(12-20(15)16)18(22)23-2/h3-12H,1-2H3. The summed E-state index contributed by atoms with van der Waals surface area (Å²) in [4.78, 5) is 25.8. The van der Waals surface area contributed by atoms with Crippen LogP contribution in [0.25, 0.3) is 5.52 Å². The Balaban J connectivity index is 2.02. The second kappa shape index (κ2) is 5.96. The quantitative estimate of drug-likeness (QED) is 0.699. The van der Waals surface area contributed by atoms with E-state index in [-0.39, 0.29) is 5.91 Å². The second-order valence-electron chi connectivity index (χ2n) is 5.13. The normalized spacial score (nSPS) is 10.5. The molecule has 1 amide bonds. The molecule has 0 N–H and O–H groups in total. The van der Waals surface area contributed by atoms with Gasteiger partial charge in [0, 0.05) is 24.3 Å². The van der Waals surface area contributed by atoms with E-state index in [9.17, 15) is 9.59 Å². The number of anilines is 1. The Kier molecular flexibility index (Phi) is 3.85. The minimum atomic E-state index is -0.413. The van der Waals surface area contributed by atoms with Crippen LogP contribution in [0.15, 0.2) is 60.8 Å². The molecule has 3 rings (SSSR count). The number of aromatic nitrogens is 1. The maximum atomic E-state index is 12.6. The van der Waals surface area contributed by atoms with E-state index < -0.39 is 5.97 Å². The van der Waals surface area contributed by atoms with Gasteiger partial charge in [0.1, 0.15) is 5.82 Å². The van der Waals surface area contributed by atoms with Crippen LogP contribution in [0.1, 0.15) is 20.7 Å². The van der Waals surface area contributed by atoms with Gasteiger partial charge >= 0.3 is 5.97 Å². The summed E-state index contributed by atoms with van der Waals surface area (Å²) in [5.74, 6) is 0.150. The van der Waals surface area contributed by atoms with E-state index in [1.54, 1.807) is 40.7 Å². The van der Waals surface area contributed by atoms with Gasteiger partial charge in [0.2, 0.25) is 0 Å². The van der Waals surface area contributed by atoms with E-state index in [0.29, 0.717) is 16.9 Å². The van der Waals surface area contributed by atoms with Crippen LogP contribution in [-0.4, -0.2) is 30.4 Å². The number of carbonyl (C=O) groups excluding carboxylic acids is 2. The van der Waals surface area contributed by atoms with Crippen LogP contribution in [0.4, 0.5) is 5.82 Å². The summed E-state index contributed by atoms with van der Waals surface area (Å²) in [6.07, 6.45) is 1.67. The maximum absolute atomic E-state index is 12.6. The van der Waals surface area contributed by atoms with Gasteiger partial charge in [-0.2, -0.15) is 0 Å². The Morgan fingerprint density at radius 2 is 1.65 bits per heavy atom. The smallest absolute Gasteiger partial charge is 0.339 e. The zero-order chi connectivity index (χ0) is 16.4. The minimum Gasteiger partial charge on any atom is -0.465 e. The zero-order valence-corrected chi connectivity index (χ0v) is 12.9. The first-order chi connectivity index (χ1) is 11.1. The van der Waals surface area contributed by atoms with Gasteiger partial charge in [0.15, 0.2) is 0 Å². The highest BCUT2D eigenvalue weighted by Crippen LogP contribution is 2.21. The van der Waals surface area contributed by atoms with Crippen LogP contribution in [0.2, 0.25) is 0 Å². The van der Waals surface area contributed by atoms with Gasteiger partial charge in [0.05, 0.1) is 12.7 Å². The molecule has 2 aromatic heterocycles. The molecule has 116 valence electrons. The molecule has 0 saturated carbocycles.